The van der Waals surface area contributed by atoms with Crippen LogP contribution < -0.4 is 14.4 Å². The van der Waals surface area contributed by atoms with Crippen LogP contribution in [-0.2, 0) is 13.6 Å². The average Bonchev–Trinajstić information content (AvgIpc) is 3.53. The Hall–Kier alpha value is -4.54. The molecule has 0 atom stereocenters. The predicted molar refractivity (Wildman–Crippen MR) is 121 cm³/mol. The number of pyridine rings is 1. The maximum atomic E-state index is 5.46. The minimum atomic E-state index is 0.393. The molecule has 0 saturated carbocycles. The molecule has 4 aromatic heterocycles. The van der Waals surface area contributed by atoms with Gasteiger partial charge in [0, 0.05) is 37.0 Å². The third-order valence-electron chi connectivity index (χ3n) is 5.09. The molecule has 1 aromatic carbocycles. The van der Waals surface area contributed by atoms with E-state index >= 15 is 0 Å². The number of benzene rings is 1. The average molecular weight is 443 g/mol. The second-order valence-corrected chi connectivity index (χ2v) is 7.26. The molecule has 0 bridgehead atoms. The maximum Gasteiger partial charge on any atom is 0.180 e. The summed E-state index contributed by atoms with van der Waals surface area (Å²) in [5.74, 6) is 2.65. The van der Waals surface area contributed by atoms with E-state index in [2.05, 4.69) is 25.3 Å². The van der Waals surface area contributed by atoms with E-state index in [0.717, 1.165) is 11.3 Å². The molecule has 11 heteroatoms. The maximum absolute atomic E-state index is 5.46. The molecule has 11 nitrogen and oxygen atoms in total. The second kappa shape index (κ2) is 8.54. The van der Waals surface area contributed by atoms with Gasteiger partial charge in [-0.05, 0) is 12.1 Å². The highest BCUT2D eigenvalue weighted by molar-refractivity contribution is 5.77. The molecule has 1 N–H and O–H groups in total. The third kappa shape index (κ3) is 4.15. The van der Waals surface area contributed by atoms with Crippen LogP contribution in [0.3, 0.4) is 0 Å². The smallest absolute Gasteiger partial charge is 0.180 e. The van der Waals surface area contributed by atoms with Crippen molar-refractivity contribution in [1.29, 1.82) is 0 Å². The molecule has 0 amide bonds. The van der Waals surface area contributed by atoms with Gasteiger partial charge in [0.25, 0.3) is 0 Å². The molecule has 0 spiro atoms. The molecule has 0 aliphatic rings. The fraction of sp³-hybridized carbons (Fsp3) is 0.182. The van der Waals surface area contributed by atoms with Gasteiger partial charge >= 0.3 is 0 Å². The lowest BCUT2D eigenvalue weighted by atomic mass is 10.2. The second-order valence-electron chi connectivity index (χ2n) is 7.26. The zero-order valence-corrected chi connectivity index (χ0v) is 18.3. The molecule has 0 fully saturated rings. The van der Waals surface area contributed by atoms with Crippen LogP contribution in [0.4, 0.5) is 11.5 Å². The third-order valence-corrected chi connectivity index (χ3v) is 5.09. The monoisotopic (exact) mass is 443 g/mol. The molecule has 5 aromatic rings. The lowest BCUT2D eigenvalue weighted by molar-refractivity contribution is 0.394. The van der Waals surface area contributed by atoms with Crippen molar-refractivity contribution in [1.82, 2.24) is 39.9 Å². The quantitative estimate of drug-likeness (QED) is 0.405. The Labute approximate surface area is 189 Å². The Balaban J connectivity index is 1.61. The molecule has 0 aliphatic carbocycles. The highest BCUT2D eigenvalue weighted by Crippen LogP contribution is 2.33. The molecule has 4 heterocycles. The van der Waals surface area contributed by atoms with Crippen molar-refractivity contribution >= 4 is 22.7 Å². The van der Waals surface area contributed by atoms with Crippen molar-refractivity contribution in [3.8, 4) is 22.8 Å². The number of aryl methyl sites for hydroxylation is 1. The van der Waals surface area contributed by atoms with Gasteiger partial charge < -0.3 is 14.4 Å². The number of anilines is 2. The fourth-order valence-corrected chi connectivity index (χ4v) is 3.44. The molecule has 0 aliphatic heterocycles. The number of ether oxygens (including phenoxy) is 2. The van der Waals surface area contributed by atoms with Crippen LogP contribution in [0, 0.1) is 0 Å². The van der Waals surface area contributed by atoms with E-state index in [1.807, 2.05) is 48.5 Å². The van der Waals surface area contributed by atoms with Gasteiger partial charge in [0.15, 0.2) is 5.65 Å². The summed E-state index contributed by atoms with van der Waals surface area (Å²) in [6, 6.07) is 9.41. The van der Waals surface area contributed by atoms with Crippen LogP contribution in [0.2, 0.25) is 0 Å². The minimum absolute atomic E-state index is 0.393. The molecule has 33 heavy (non-hydrogen) atoms. The number of nitrogens with one attached hydrogen (secondary N) is 1. The number of aromatic amines is 1. The van der Waals surface area contributed by atoms with E-state index in [0.29, 0.717) is 46.5 Å². The topological polar surface area (TPSA) is 120 Å². The lowest BCUT2D eigenvalue weighted by Gasteiger charge is -2.24. The van der Waals surface area contributed by atoms with Crippen LogP contribution in [0.15, 0.2) is 55.2 Å². The first-order valence-electron chi connectivity index (χ1n) is 10.1. The van der Waals surface area contributed by atoms with E-state index < -0.39 is 0 Å². The van der Waals surface area contributed by atoms with Crippen molar-refractivity contribution in [2.45, 2.75) is 6.54 Å². The van der Waals surface area contributed by atoms with Gasteiger partial charge in [-0.1, -0.05) is 0 Å². The molecule has 166 valence electrons. The Morgan fingerprint density at radius 3 is 2.48 bits per heavy atom. The van der Waals surface area contributed by atoms with Crippen LogP contribution >= 0.6 is 0 Å². The zero-order valence-electron chi connectivity index (χ0n) is 18.3. The molecule has 0 unspecified atom stereocenters. The summed E-state index contributed by atoms with van der Waals surface area (Å²) in [5, 5.41) is 11.1. The van der Waals surface area contributed by atoms with Crippen LogP contribution in [-0.4, -0.2) is 54.1 Å². The summed E-state index contributed by atoms with van der Waals surface area (Å²) < 4.78 is 12.6. The Bertz CT molecular complexity index is 1380. The number of fused-ring (bicyclic) bond motifs is 1. The number of hydrogen-bond acceptors (Lipinski definition) is 9. The normalized spacial score (nSPS) is 11.0. The summed E-state index contributed by atoms with van der Waals surface area (Å²) in [7, 11) is 5.09. The molecule has 5 rings (SSSR count). The van der Waals surface area contributed by atoms with Gasteiger partial charge in [0.05, 0.1) is 44.5 Å². The van der Waals surface area contributed by atoms with Crippen molar-refractivity contribution < 1.29 is 9.47 Å². The van der Waals surface area contributed by atoms with Crippen molar-refractivity contribution in [3.05, 3.63) is 61.1 Å². The number of aromatic nitrogens is 8. The first-order valence-corrected chi connectivity index (χ1v) is 10.1. The lowest BCUT2D eigenvalue weighted by Crippen LogP contribution is -2.19. The molecular weight excluding hydrogens is 422 g/mol. The summed E-state index contributed by atoms with van der Waals surface area (Å²) in [4.78, 5) is 20.3. The van der Waals surface area contributed by atoms with Crippen LogP contribution in [0.5, 0.6) is 11.5 Å². The fourth-order valence-electron chi connectivity index (χ4n) is 3.44. The van der Waals surface area contributed by atoms with Crippen molar-refractivity contribution in [3.63, 3.8) is 0 Å². The zero-order chi connectivity index (χ0) is 22.8. The molecular formula is C22H21N9O2. The molecule has 0 radical (unpaired) electrons. The Morgan fingerprint density at radius 1 is 1.00 bits per heavy atom. The van der Waals surface area contributed by atoms with Gasteiger partial charge in [-0.2, -0.15) is 10.2 Å². The Morgan fingerprint density at radius 2 is 1.82 bits per heavy atom. The number of methoxy groups -OCH3 is 2. The minimum Gasteiger partial charge on any atom is -0.497 e. The first kappa shape index (κ1) is 20.4. The highest BCUT2D eigenvalue weighted by Gasteiger charge is 2.17. The van der Waals surface area contributed by atoms with E-state index in [1.165, 1.54) is 6.33 Å². The number of nitrogens with zero attached hydrogens (tertiary/aromatic N) is 8. The summed E-state index contributed by atoms with van der Waals surface area (Å²) in [6.45, 7) is 0.393. The van der Waals surface area contributed by atoms with Gasteiger partial charge in [0.1, 0.15) is 35.0 Å². The number of rotatable bonds is 7. The largest absolute Gasteiger partial charge is 0.497 e. The standard InChI is InChI=1S/C22H21N9O2/c1-30-11-14(9-26-30)19-10-23-18-4-5-21(28-22(18)27-19)31(12-20-24-13-25-29-20)15-6-16(32-2)8-17(7-15)33-3/h4-11,13H,12H2,1-3H3,(H,24,25,29). The van der Waals surface area contributed by atoms with Gasteiger partial charge in [0.2, 0.25) is 0 Å². The van der Waals surface area contributed by atoms with Gasteiger partial charge in [-0.3, -0.25) is 14.8 Å². The van der Waals surface area contributed by atoms with E-state index in [9.17, 15) is 0 Å². The van der Waals surface area contributed by atoms with Crippen molar-refractivity contribution in [2.24, 2.45) is 7.05 Å². The Kier molecular flexibility index (Phi) is 5.27. The van der Waals surface area contributed by atoms with Gasteiger partial charge in [-0.25, -0.2) is 15.0 Å². The highest BCUT2D eigenvalue weighted by atomic mass is 16.5. The van der Waals surface area contributed by atoms with Gasteiger partial charge in [-0.15, -0.1) is 0 Å². The van der Waals surface area contributed by atoms with Crippen LogP contribution in [0.25, 0.3) is 22.4 Å². The van der Waals surface area contributed by atoms with Crippen LogP contribution in [0.1, 0.15) is 5.82 Å². The van der Waals surface area contributed by atoms with E-state index in [4.69, 9.17) is 19.4 Å². The summed E-state index contributed by atoms with van der Waals surface area (Å²) >= 11 is 0. The van der Waals surface area contributed by atoms with E-state index in [1.54, 1.807) is 31.3 Å². The first-order chi connectivity index (χ1) is 16.1. The molecule has 0 saturated heterocycles. The summed E-state index contributed by atoms with van der Waals surface area (Å²) in [5.41, 5.74) is 3.59. The number of hydrogen-bond donors (Lipinski definition) is 1. The van der Waals surface area contributed by atoms with Crippen molar-refractivity contribution in [2.75, 3.05) is 19.1 Å². The SMILES string of the molecule is COc1cc(OC)cc(N(Cc2ncn[nH]2)c2ccc3ncc(-c4cnn(C)c4)nc3n2)c1. The predicted octanol–water partition coefficient (Wildman–Crippen LogP) is 2.90. The number of H-pyrrole nitrogens is 1. The summed E-state index contributed by atoms with van der Waals surface area (Å²) in [6.07, 6.45) is 6.83. The van der Waals surface area contributed by atoms with E-state index in [-0.39, 0.29) is 0 Å².